The van der Waals surface area contributed by atoms with Crippen LogP contribution in [0.2, 0.25) is 0 Å². The normalized spacial score (nSPS) is 13.3. The van der Waals surface area contributed by atoms with Gasteiger partial charge in [-0.2, -0.15) is 22.0 Å². The maximum absolute atomic E-state index is 13.0. The Balaban J connectivity index is 2.62. The van der Waals surface area contributed by atoms with Gasteiger partial charge >= 0.3 is 12.1 Å². The number of pyridine rings is 1. The van der Waals surface area contributed by atoms with Crippen molar-refractivity contribution in [3.8, 4) is 0 Å². The van der Waals surface area contributed by atoms with E-state index in [9.17, 15) is 22.0 Å². The molecule has 0 aromatic carbocycles. The zero-order valence-corrected chi connectivity index (χ0v) is 9.56. The van der Waals surface area contributed by atoms with E-state index in [0.29, 0.717) is 10.8 Å². The molecule has 0 spiro atoms. The maximum Gasteiger partial charge on any atom is 0.459 e. The van der Waals surface area contributed by atoms with Crippen LogP contribution in [0.5, 0.6) is 0 Å². The fourth-order valence-electron chi connectivity index (χ4n) is 1.27. The van der Waals surface area contributed by atoms with Gasteiger partial charge in [0.05, 0.1) is 4.60 Å². The molecule has 92 valence electrons. The lowest BCUT2D eigenvalue weighted by Gasteiger charge is -2.16. The van der Waals surface area contributed by atoms with E-state index in [0.717, 1.165) is 4.40 Å². The van der Waals surface area contributed by atoms with Crippen LogP contribution in [0, 0.1) is 0 Å². The molecule has 0 radical (unpaired) electrons. The van der Waals surface area contributed by atoms with Crippen LogP contribution in [-0.4, -0.2) is 15.6 Å². The average molecular weight is 315 g/mol. The quantitative estimate of drug-likeness (QED) is 0.579. The number of fused-ring (bicyclic) bond motifs is 1. The summed E-state index contributed by atoms with van der Waals surface area (Å²) in [7, 11) is 0. The van der Waals surface area contributed by atoms with Crippen LogP contribution in [0.4, 0.5) is 22.0 Å². The van der Waals surface area contributed by atoms with Gasteiger partial charge in [0.15, 0.2) is 0 Å². The van der Waals surface area contributed by atoms with Crippen LogP contribution in [0.3, 0.4) is 0 Å². The summed E-state index contributed by atoms with van der Waals surface area (Å²) >= 11 is 3.02. The van der Waals surface area contributed by atoms with Crippen molar-refractivity contribution in [2.24, 2.45) is 0 Å². The first kappa shape index (κ1) is 12.3. The fourth-order valence-corrected chi connectivity index (χ4v) is 1.71. The van der Waals surface area contributed by atoms with Crippen molar-refractivity contribution in [1.82, 2.24) is 9.38 Å². The minimum absolute atomic E-state index is 0.0123. The maximum atomic E-state index is 13.0. The number of hydrogen-bond acceptors (Lipinski definition) is 1. The Morgan fingerprint density at radius 2 is 1.76 bits per heavy atom. The van der Waals surface area contributed by atoms with Gasteiger partial charge in [-0.25, -0.2) is 4.98 Å². The predicted molar refractivity (Wildman–Crippen MR) is 52.8 cm³/mol. The molecule has 0 saturated heterocycles. The van der Waals surface area contributed by atoms with E-state index >= 15 is 0 Å². The van der Waals surface area contributed by atoms with Crippen LogP contribution < -0.4 is 0 Å². The van der Waals surface area contributed by atoms with E-state index < -0.39 is 17.8 Å². The summed E-state index contributed by atoms with van der Waals surface area (Å²) in [4.78, 5) is 3.27. The second-order valence-corrected chi connectivity index (χ2v) is 4.09. The highest BCUT2D eigenvalue weighted by atomic mass is 79.9. The third-order valence-corrected chi connectivity index (χ3v) is 2.77. The molecule has 0 bridgehead atoms. The van der Waals surface area contributed by atoms with Crippen LogP contribution in [0.25, 0.3) is 5.65 Å². The minimum Gasteiger partial charge on any atom is -0.293 e. The van der Waals surface area contributed by atoms with Gasteiger partial charge in [-0.15, -0.1) is 0 Å². The fraction of sp³-hybridized carbons (Fsp3) is 0.222. The Hall–Kier alpha value is -1.18. The van der Waals surface area contributed by atoms with Crippen molar-refractivity contribution in [1.29, 1.82) is 0 Å². The van der Waals surface area contributed by atoms with E-state index in [1.54, 1.807) is 0 Å². The van der Waals surface area contributed by atoms with Gasteiger partial charge in [-0.3, -0.25) is 4.40 Å². The first-order valence-electron chi connectivity index (χ1n) is 4.32. The molecular weight excluding hydrogens is 311 g/mol. The molecule has 2 aromatic rings. The molecule has 17 heavy (non-hydrogen) atoms. The highest BCUT2D eigenvalue weighted by Crippen LogP contribution is 2.43. The lowest BCUT2D eigenvalue weighted by atomic mass is 10.2. The molecular formula is C9H4BrF5N2. The number of nitrogens with zero attached hydrogens (tertiary/aromatic N) is 2. The largest absolute Gasteiger partial charge is 0.459 e. The van der Waals surface area contributed by atoms with Crippen LogP contribution in [0.1, 0.15) is 5.69 Å². The van der Waals surface area contributed by atoms with Crippen molar-refractivity contribution in [2.45, 2.75) is 12.1 Å². The smallest absolute Gasteiger partial charge is 0.293 e. The molecule has 0 N–H and O–H groups in total. The highest BCUT2D eigenvalue weighted by Gasteiger charge is 2.60. The molecule has 2 heterocycles. The summed E-state index contributed by atoms with van der Waals surface area (Å²) in [6.07, 6.45) is -5.00. The van der Waals surface area contributed by atoms with E-state index in [-0.39, 0.29) is 5.65 Å². The Labute approximate surface area is 100 Å². The monoisotopic (exact) mass is 314 g/mol. The van der Waals surface area contributed by atoms with E-state index in [4.69, 9.17) is 0 Å². The SMILES string of the molecule is FC(F)(F)C(F)(F)c1cn2c(Br)cccc2n1. The molecule has 2 nitrogen and oxygen atoms in total. The molecule has 0 fully saturated rings. The molecule has 0 aliphatic rings. The molecule has 8 heteroatoms. The summed E-state index contributed by atoms with van der Waals surface area (Å²) < 4.78 is 63.9. The molecule has 0 aliphatic heterocycles. The molecule has 0 saturated carbocycles. The van der Waals surface area contributed by atoms with Crippen molar-refractivity contribution in [3.05, 3.63) is 34.7 Å². The number of hydrogen-bond donors (Lipinski definition) is 0. The predicted octanol–water partition coefficient (Wildman–Crippen LogP) is 3.75. The zero-order chi connectivity index (χ0) is 12.8. The van der Waals surface area contributed by atoms with Gasteiger partial charge in [0.2, 0.25) is 0 Å². The Morgan fingerprint density at radius 1 is 1.12 bits per heavy atom. The Kier molecular flexibility index (Phi) is 2.64. The number of halogens is 6. The number of rotatable bonds is 1. The van der Waals surface area contributed by atoms with Crippen LogP contribution in [0.15, 0.2) is 29.0 Å². The third-order valence-electron chi connectivity index (χ3n) is 2.12. The van der Waals surface area contributed by atoms with E-state index in [1.807, 2.05) is 0 Å². The van der Waals surface area contributed by atoms with Crippen molar-refractivity contribution >= 4 is 21.6 Å². The second kappa shape index (κ2) is 3.66. The van der Waals surface area contributed by atoms with Gasteiger partial charge in [-0.1, -0.05) is 6.07 Å². The number of aromatic nitrogens is 2. The van der Waals surface area contributed by atoms with Crippen LogP contribution in [-0.2, 0) is 5.92 Å². The average Bonchev–Trinajstić information content (AvgIpc) is 2.61. The Bertz CT molecular complexity index is 560. The van der Waals surface area contributed by atoms with Crippen molar-refractivity contribution < 1.29 is 22.0 Å². The first-order chi connectivity index (χ1) is 7.73. The molecule has 0 aliphatic carbocycles. The topological polar surface area (TPSA) is 17.3 Å². The molecule has 2 rings (SSSR count). The summed E-state index contributed by atoms with van der Waals surface area (Å²) in [5, 5.41) is 0. The van der Waals surface area contributed by atoms with Crippen molar-refractivity contribution in [2.75, 3.05) is 0 Å². The molecule has 2 aromatic heterocycles. The van der Waals surface area contributed by atoms with Crippen molar-refractivity contribution in [3.63, 3.8) is 0 Å². The second-order valence-electron chi connectivity index (χ2n) is 3.28. The lowest BCUT2D eigenvalue weighted by Crippen LogP contribution is -2.33. The van der Waals surface area contributed by atoms with E-state index in [2.05, 4.69) is 20.9 Å². The summed E-state index contributed by atoms with van der Waals surface area (Å²) in [5.41, 5.74) is -1.31. The zero-order valence-electron chi connectivity index (χ0n) is 7.97. The van der Waals surface area contributed by atoms with Gasteiger partial charge in [0, 0.05) is 6.20 Å². The number of imidazole rings is 1. The minimum atomic E-state index is -5.66. The molecule has 0 amide bonds. The highest BCUT2D eigenvalue weighted by molar-refractivity contribution is 9.10. The Morgan fingerprint density at radius 3 is 2.29 bits per heavy atom. The van der Waals surface area contributed by atoms with Gasteiger partial charge in [0.25, 0.3) is 0 Å². The summed E-state index contributed by atoms with van der Waals surface area (Å²) in [6, 6.07) is 4.33. The van der Waals surface area contributed by atoms with Gasteiger partial charge in [-0.05, 0) is 28.1 Å². The van der Waals surface area contributed by atoms with Gasteiger partial charge < -0.3 is 0 Å². The molecule has 0 atom stereocenters. The van der Waals surface area contributed by atoms with Gasteiger partial charge in [0.1, 0.15) is 11.3 Å². The third kappa shape index (κ3) is 1.90. The van der Waals surface area contributed by atoms with E-state index in [1.165, 1.54) is 18.2 Å². The standard InChI is InChI=1S/C9H4BrF5N2/c10-6-2-1-3-7-16-5(4-17(6)7)8(11,12)9(13,14)15/h1-4H. The molecule has 0 unspecified atom stereocenters. The first-order valence-corrected chi connectivity index (χ1v) is 5.11. The summed E-state index contributed by atoms with van der Waals surface area (Å²) in [6.45, 7) is 0. The summed E-state index contributed by atoms with van der Waals surface area (Å²) in [5.74, 6) is -4.96. The number of alkyl halides is 5. The lowest BCUT2D eigenvalue weighted by molar-refractivity contribution is -0.290. The van der Waals surface area contributed by atoms with Crippen LogP contribution >= 0.6 is 15.9 Å².